The van der Waals surface area contributed by atoms with Gasteiger partial charge in [0.05, 0.1) is 39.7 Å². The molecule has 0 saturated carbocycles. The van der Waals surface area contributed by atoms with E-state index in [0.717, 1.165) is 39.5 Å². The average Bonchev–Trinajstić information content (AvgIpc) is 3.81. The summed E-state index contributed by atoms with van der Waals surface area (Å²) >= 11 is 2.39. The van der Waals surface area contributed by atoms with E-state index in [-0.39, 0.29) is 10.8 Å². The number of anilines is 4. The van der Waals surface area contributed by atoms with E-state index in [1.165, 1.54) is 28.4 Å². The van der Waals surface area contributed by atoms with Gasteiger partial charge in [-0.15, -0.1) is 22.7 Å². The molecule has 15 heteroatoms. The molecule has 2 heterocycles. The van der Waals surface area contributed by atoms with E-state index < -0.39 is 35.1 Å². The fraction of sp³-hybridized carbons (Fsp3) is 0.238. The normalized spacial score (nSPS) is 12.1. The monoisotopic (exact) mass is 812 g/mol. The molecule has 2 amide bonds. The number of carbonyl (C=O) groups is 2. The van der Waals surface area contributed by atoms with Gasteiger partial charge in [0, 0.05) is 21.9 Å². The fourth-order valence-electron chi connectivity index (χ4n) is 5.36. The summed E-state index contributed by atoms with van der Waals surface area (Å²) in [5.74, 6) is 0. The molecule has 2 aromatic heterocycles. The first-order valence-corrected chi connectivity index (χ1v) is 19.4. The summed E-state index contributed by atoms with van der Waals surface area (Å²) in [6, 6.07) is 26.5. The van der Waals surface area contributed by atoms with Gasteiger partial charge in [0.25, 0.3) is 0 Å². The quantitative estimate of drug-likeness (QED) is 0.142. The molecule has 0 fully saturated rings. The number of aryl methyl sites for hydroxylation is 1. The highest BCUT2D eigenvalue weighted by atomic mass is 32.1. The Hall–Kier alpha value is -5.93. The first-order chi connectivity index (χ1) is 26.8. The number of ether oxygens (including phenoxy) is 2. The van der Waals surface area contributed by atoms with Crippen LogP contribution in [-0.4, -0.2) is 33.4 Å². The lowest BCUT2D eigenvalue weighted by Gasteiger charge is -2.26. The van der Waals surface area contributed by atoms with Gasteiger partial charge in [-0.25, -0.2) is 29.4 Å². The minimum absolute atomic E-state index is 0.0368. The van der Waals surface area contributed by atoms with E-state index in [4.69, 9.17) is 14.5 Å². The molecule has 0 bridgehead atoms. The molecule has 6 rings (SSSR count). The maximum Gasteiger partial charge on any atom is 0.421 e. The molecule has 0 unspecified atom stereocenters. The van der Waals surface area contributed by atoms with Gasteiger partial charge in [-0.05, 0) is 109 Å². The highest BCUT2D eigenvalue weighted by molar-refractivity contribution is 7.14. The maximum absolute atomic E-state index is 13.6. The maximum atomic E-state index is 13.6. The van der Waals surface area contributed by atoms with Crippen LogP contribution < -0.4 is 9.80 Å². The van der Waals surface area contributed by atoms with Crippen molar-refractivity contribution in [1.29, 1.82) is 0 Å². The van der Waals surface area contributed by atoms with Gasteiger partial charge in [0.1, 0.15) is 11.2 Å². The highest BCUT2D eigenvalue weighted by Gasteiger charge is 2.33. The third kappa shape index (κ3) is 10.5. The van der Waals surface area contributed by atoms with E-state index >= 15 is 0 Å². The summed E-state index contributed by atoms with van der Waals surface area (Å²) in [6.07, 6.45) is -6.02. The van der Waals surface area contributed by atoms with Gasteiger partial charge < -0.3 is 9.47 Å². The molecule has 0 aliphatic rings. The van der Waals surface area contributed by atoms with E-state index in [1.807, 2.05) is 75.5 Å². The van der Waals surface area contributed by atoms with Gasteiger partial charge >= 0.3 is 18.4 Å². The van der Waals surface area contributed by atoms with E-state index in [9.17, 15) is 22.8 Å². The number of hydrogen-bond donors (Lipinski definition) is 0. The van der Waals surface area contributed by atoms with Crippen molar-refractivity contribution in [1.82, 2.24) is 9.97 Å². The van der Waals surface area contributed by atoms with Crippen LogP contribution in [0.1, 0.15) is 52.7 Å². The minimum atomic E-state index is -4.61. The Kier molecular flexibility index (Phi) is 11.6. The minimum Gasteiger partial charge on any atom is -0.443 e. The highest BCUT2D eigenvalue weighted by Crippen LogP contribution is 2.39. The molecular weight excluding hydrogens is 774 g/mol. The summed E-state index contributed by atoms with van der Waals surface area (Å²) in [6.45, 7) is 12.4. The van der Waals surface area contributed by atoms with Crippen LogP contribution in [0.25, 0.3) is 22.5 Å². The summed E-state index contributed by atoms with van der Waals surface area (Å²) in [5, 5.41) is 13.0. The molecule has 0 N–H and O–H groups in total. The topological polar surface area (TPSA) is 110 Å². The Morgan fingerprint density at radius 1 is 0.614 bits per heavy atom. The third-order valence-corrected chi connectivity index (χ3v) is 9.43. The molecule has 10 nitrogen and oxygen atoms in total. The SMILES string of the molecule is Cc1cccc(N(C(=O)OC(C)(C)C)c2nc(-c3cccc(N=Nc4cccc(-c5csc(N(C(=O)OC(C)(C)C)c6cccc(C(F)(F)F)c6)n5)c4)c3)cs2)c1. The number of hydrogen-bond acceptors (Lipinski definition) is 10. The number of alkyl halides is 3. The number of halogens is 3. The van der Waals surface area contributed by atoms with Gasteiger partial charge in [-0.3, -0.25) is 0 Å². The van der Waals surface area contributed by atoms with Crippen molar-refractivity contribution in [3.8, 4) is 22.5 Å². The van der Waals surface area contributed by atoms with Crippen molar-refractivity contribution >= 4 is 67.9 Å². The van der Waals surface area contributed by atoms with E-state index in [0.29, 0.717) is 39.1 Å². The lowest BCUT2D eigenvalue weighted by molar-refractivity contribution is -0.137. The zero-order valence-corrected chi connectivity index (χ0v) is 33.8. The Morgan fingerprint density at radius 3 is 1.49 bits per heavy atom. The summed E-state index contributed by atoms with van der Waals surface area (Å²) in [4.78, 5) is 38.7. The Balaban J connectivity index is 1.24. The van der Waals surface area contributed by atoms with Gasteiger partial charge in [-0.1, -0.05) is 42.5 Å². The number of amides is 2. The number of carbonyl (C=O) groups excluding carboxylic acids is 2. The first kappa shape index (κ1) is 40.7. The van der Waals surface area contributed by atoms with Crippen LogP contribution in [0.2, 0.25) is 0 Å². The fourth-order valence-corrected chi connectivity index (χ4v) is 7.05. The third-order valence-electron chi connectivity index (χ3n) is 7.78. The van der Waals surface area contributed by atoms with Crippen molar-refractivity contribution in [3.05, 3.63) is 119 Å². The van der Waals surface area contributed by atoms with E-state index in [2.05, 4.69) is 15.2 Å². The van der Waals surface area contributed by atoms with Crippen molar-refractivity contribution in [3.63, 3.8) is 0 Å². The second-order valence-electron chi connectivity index (χ2n) is 14.8. The van der Waals surface area contributed by atoms with Crippen LogP contribution >= 0.6 is 22.7 Å². The smallest absolute Gasteiger partial charge is 0.421 e. The van der Waals surface area contributed by atoms with Crippen LogP contribution in [0.15, 0.2) is 118 Å². The molecule has 4 aromatic carbocycles. The zero-order chi connectivity index (χ0) is 41.1. The van der Waals surface area contributed by atoms with Gasteiger partial charge in [-0.2, -0.15) is 23.4 Å². The predicted molar refractivity (Wildman–Crippen MR) is 219 cm³/mol. The number of aromatic nitrogens is 2. The van der Waals surface area contributed by atoms with E-state index in [1.54, 1.807) is 56.5 Å². The number of rotatable bonds is 8. The summed E-state index contributed by atoms with van der Waals surface area (Å²) in [5.41, 5.74) is 2.64. The molecule has 0 saturated heterocycles. The molecule has 0 aliphatic heterocycles. The standard InChI is InChI=1S/C42H39F3N6O4S2/c1-26-12-8-18-32(20-26)50(38(52)54-40(2,3)4)36-46-34(24-56-36)27-13-9-16-30(21-27)48-49-31-17-10-14-28(22-31)35-25-57-37(47-35)51(39(53)55-41(5,6)7)33-19-11-15-29(23-33)42(43,44)45/h8-25H,1-7H3. The Morgan fingerprint density at radius 2 is 1.05 bits per heavy atom. The lowest BCUT2D eigenvalue weighted by atomic mass is 10.1. The number of azo groups is 1. The second-order valence-corrected chi connectivity index (χ2v) is 16.5. The van der Waals surface area contributed by atoms with Gasteiger partial charge in [0.15, 0.2) is 10.3 Å². The molecule has 0 spiro atoms. The first-order valence-electron chi connectivity index (χ1n) is 17.7. The average molecular weight is 813 g/mol. The van der Waals surface area contributed by atoms with Crippen LogP contribution in [0.5, 0.6) is 0 Å². The lowest BCUT2D eigenvalue weighted by Crippen LogP contribution is -2.34. The number of nitrogens with zero attached hydrogens (tertiary/aromatic N) is 6. The van der Waals surface area contributed by atoms with Crippen molar-refractivity contribution in [2.45, 2.75) is 65.8 Å². The summed E-state index contributed by atoms with van der Waals surface area (Å²) < 4.78 is 52.1. The van der Waals surface area contributed by atoms with Crippen molar-refractivity contribution in [2.75, 3.05) is 9.80 Å². The molecule has 0 aliphatic carbocycles. The van der Waals surface area contributed by atoms with Crippen LogP contribution in [0, 0.1) is 6.92 Å². The molecule has 0 radical (unpaired) electrons. The molecule has 0 atom stereocenters. The zero-order valence-electron chi connectivity index (χ0n) is 32.2. The largest absolute Gasteiger partial charge is 0.443 e. The summed E-state index contributed by atoms with van der Waals surface area (Å²) in [7, 11) is 0. The molecule has 57 heavy (non-hydrogen) atoms. The van der Waals surface area contributed by atoms with Crippen molar-refractivity contribution in [2.24, 2.45) is 10.2 Å². The number of thiazole rings is 2. The second kappa shape index (κ2) is 16.3. The Labute approximate surface area is 336 Å². The van der Waals surface area contributed by atoms with Gasteiger partial charge in [0.2, 0.25) is 0 Å². The van der Waals surface area contributed by atoms with Crippen LogP contribution in [-0.2, 0) is 15.7 Å². The number of benzene rings is 4. The molecule has 294 valence electrons. The molecular formula is C42H39F3N6O4S2. The Bertz CT molecular complexity index is 2430. The molecule has 6 aromatic rings. The van der Waals surface area contributed by atoms with Crippen LogP contribution in [0.4, 0.5) is 55.8 Å². The van der Waals surface area contributed by atoms with Crippen LogP contribution in [0.3, 0.4) is 0 Å². The predicted octanol–water partition coefficient (Wildman–Crippen LogP) is 13.8. The van der Waals surface area contributed by atoms with Crippen molar-refractivity contribution < 1.29 is 32.2 Å².